The highest BCUT2D eigenvalue weighted by molar-refractivity contribution is 7.91. The van der Waals surface area contributed by atoms with Crippen LogP contribution in [0.25, 0.3) is 0 Å². The number of piperidine rings is 1. The molecule has 0 unspecified atom stereocenters. The zero-order valence-electron chi connectivity index (χ0n) is 16.2. The number of nitrogens with one attached hydrogen (secondary N) is 1. The molecule has 1 aromatic carbocycles. The molecule has 2 atom stereocenters. The number of nitrogens with zero attached hydrogens (tertiary/aromatic N) is 1. The van der Waals surface area contributed by atoms with E-state index in [-0.39, 0.29) is 24.4 Å². The van der Waals surface area contributed by atoms with Gasteiger partial charge in [-0.3, -0.25) is 4.79 Å². The fourth-order valence-electron chi connectivity index (χ4n) is 3.66. The minimum atomic E-state index is -3.53. The van der Waals surface area contributed by atoms with Gasteiger partial charge in [-0.1, -0.05) is 12.1 Å². The van der Waals surface area contributed by atoms with Gasteiger partial charge >= 0.3 is 0 Å². The molecule has 3 heterocycles. The number of rotatable bonds is 5. The van der Waals surface area contributed by atoms with Crippen LogP contribution >= 0.6 is 11.3 Å². The molecule has 2 aliphatic rings. The molecule has 7 nitrogen and oxygen atoms in total. The standard InChI is InChI=1S/C20H24N2O5S2/c1-14(15-6-7-17-18(12-15)27-10-9-26-17)21-20(23)16-4-2-8-22(13-16)29(24,25)19-5-3-11-28-19/h3,5-7,11-12,14,16H,2,4,8-10,13H2,1H3,(H,21,23)/t14-,16-/m0/s1. The molecule has 4 rings (SSSR count). The summed E-state index contributed by atoms with van der Waals surface area (Å²) in [5.41, 5.74) is 0.918. The first-order valence-corrected chi connectivity index (χ1v) is 12.0. The number of carbonyl (C=O) groups is 1. The zero-order chi connectivity index (χ0) is 20.4. The minimum Gasteiger partial charge on any atom is -0.486 e. The Labute approximate surface area is 174 Å². The number of amides is 1. The van der Waals surface area contributed by atoms with Gasteiger partial charge in [0.05, 0.1) is 12.0 Å². The quantitative estimate of drug-likeness (QED) is 0.779. The molecule has 156 valence electrons. The summed E-state index contributed by atoms with van der Waals surface area (Å²) in [4.78, 5) is 12.8. The Kier molecular flexibility index (Phi) is 5.80. The summed E-state index contributed by atoms with van der Waals surface area (Å²) in [6.45, 7) is 3.60. The molecule has 9 heteroatoms. The highest BCUT2D eigenvalue weighted by atomic mass is 32.2. The van der Waals surface area contributed by atoms with Gasteiger partial charge in [-0.2, -0.15) is 4.31 Å². The van der Waals surface area contributed by atoms with Gasteiger partial charge in [0.25, 0.3) is 10.0 Å². The maximum absolute atomic E-state index is 12.8. The fourth-order valence-corrected chi connectivity index (χ4v) is 6.32. The number of fused-ring (bicyclic) bond motifs is 1. The predicted octanol–water partition coefficient (Wildman–Crippen LogP) is 2.80. The summed E-state index contributed by atoms with van der Waals surface area (Å²) in [6.07, 6.45) is 1.34. The van der Waals surface area contributed by atoms with Crippen molar-refractivity contribution in [3.63, 3.8) is 0 Å². The molecule has 1 aromatic heterocycles. The first-order valence-electron chi connectivity index (χ1n) is 9.69. The van der Waals surface area contributed by atoms with Crippen molar-refractivity contribution in [2.45, 2.75) is 30.0 Å². The summed E-state index contributed by atoms with van der Waals surface area (Å²) in [6, 6.07) is 8.75. The van der Waals surface area contributed by atoms with Gasteiger partial charge in [0.2, 0.25) is 5.91 Å². The molecule has 0 saturated carbocycles. The Hall–Kier alpha value is -2.10. The summed E-state index contributed by atoms with van der Waals surface area (Å²) >= 11 is 1.20. The van der Waals surface area contributed by atoms with Crippen molar-refractivity contribution in [2.75, 3.05) is 26.3 Å². The zero-order valence-corrected chi connectivity index (χ0v) is 17.8. The second kappa shape index (κ2) is 8.33. The number of benzene rings is 1. The molecule has 0 spiro atoms. The molecule has 1 saturated heterocycles. The van der Waals surface area contributed by atoms with E-state index >= 15 is 0 Å². The van der Waals surface area contributed by atoms with E-state index in [1.165, 1.54) is 15.6 Å². The third-order valence-electron chi connectivity index (χ3n) is 5.27. The predicted molar refractivity (Wildman–Crippen MR) is 110 cm³/mol. The van der Waals surface area contributed by atoms with E-state index in [0.717, 1.165) is 5.56 Å². The third kappa shape index (κ3) is 4.26. The first kappa shape index (κ1) is 20.2. The van der Waals surface area contributed by atoms with Gasteiger partial charge in [-0.25, -0.2) is 8.42 Å². The van der Waals surface area contributed by atoms with E-state index in [0.29, 0.717) is 48.3 Å². The van der Waals surface area contributed by atoms with E-state index in [4.69, 9.17) is 9.47 Å². The summed E-state index contributed by atoms with van der Waals surface area (Å²) in [5.74, 6) is 0.901. The topological polar surface area (TPSA) is 84.9 Å². The van der Waals surface area contributed by atoms with Crippen molar-refractivity contribution in [1.29, 1.82) is 0 Å². The smallest absolute Gasteiger partial charge is 0.252 e. The maximum Gasteiger partial charge on any atom is 0.252 e. The van der Waals surface area contributed by atoms with Gasteiger partial charge < -0.3 is 14.8 Å². The Bertz CT molecular complexity index is 975. The monoisotopic (exact) mass is 436 g/mol. The second-order valence-corrected chi connectivity index (χ2v) is 10.4. The van der Waals surface area contributed by atoms with Gasteiger partial charge in [-0.05, 0) is 48.9 Å². The summed E-state index contributed by atoms with van der Waals surface area (Å²) < 4.78 is 38.5. The molecule has 0 aliphatic carbocycles. The van der Waals surface area contributed by atoms with Crippen LogP contribution in [0.15, 0.2) is 39.9 Å². The van der Waals surface area contributed by atoms with Crippen LogP contribution in [0.4, 0.5) is 0 Å². The van der Waals surface area contributed by atoms with Crippen molar-refractivity contribution in [3.05, 3.63) is 41.3 Å². The lowest BCUT2D eigenvalue weighted by atomic mass is 9.97. The van der Waals surface area contributed by atoms with E-state index in [2.05, 4.69) is 5.32 Å². The van der Waals surface area contributed by atoms with E-state index in [1.807, 2.05) is 25.1 Å². The van der Waals surface area contributed by atoms with Crippen molar-refractivity contribution in [3.8, 4) is 11.5 Å². The second-order valence-electron chi connectivity index (χ2n) is 7.27. The van der Waals surface area contributed by atoms with Crippen molar-refractivity contribution in [1.82, 2.24) is 9.62 Å². The summed E-state index contributed by atoms with van der Waals surface area (Å²) in [5, 5.41) is 4.77. The third-order valence-corrected chi connectivity index (χ3v) is 8.51. The summed E-state index contributed by atoms with van der Waals surface area (Å²) in [7, 11) is -3.53. The van der Waals surface area contributed by atoms with E-state index in [1.54, 1.807) is 17.5 Å². The Morgan fingerprint density at radius 3 is 2.79 bits per heavy atom. The average molecular weight is 437 g/mol. The minimum absolute atomic E-state index is 0.126. The normalized spacial score (nSPS) is 20.8. The molecule has 2 aliphatic heterocycles. The van der Waals surface area contributed by atoms with Crippen LogP contribution in [-0.2, 0) is 14.8 Å². The van der Waals surface area contributed by atoms with Gasteiger partial charge in [0, 0.05) is 13.1 Å². The molecule has 0 radical (unpaired) electrons. The number of hydrogen-bond donors (Lipinski definition) is 1. The first-order chi connectivity index (χ1) is 13.9. The number of hydrogen-bond acceptors (Lipinski definition) is 6. The SMILES string of the molecule is C[C@H](NC(=O)[C@H]1CCCN(S(=O)(=O)c2cccs2)C1)c1ccc2c(c1)OCCO2. The number of sulfonamides is 1. The molecule has 0 bridgehead atoms. The Morgan fingerprint density at radius 2 is 2.03 bits per heavy atom. The van der Waals surface area contributed by atoms with E-state index in [9.17, 15) is 13.2 Å². The van der Waals surface area contributed by atoms with Crippen LogP contribution in [0.5, 0.6) is 11.5 Å². The van der Waals surface area contributed by atoms with Crippen LogP contribution in [0.1, 0.15) is 31.4 Å². The Balaban J connectivity index is 1.41. The molecular weight excluding hydrogens is 412 g/mol. The van der Waals surface area contributed by atoms with Crippen LogP contribution in [0.3, 0.4) is 0 Å². The molecular formula is C20H24N2O5S2. The fraction of sp³-hybridized carbons (Fsp3) is 0.450. The lowest BCUT2D eigenvalue weighted by Gasteiger charge is -2.31. The van der Waals surface area contributed by atoms with Gasteiger partial charge in [0.15, 0.2) is 11.5 Å². The van der Waals surface area contributed by atoms with Crippen LogP contribution in [0, 0.1) is 5.92 Å². The van der Waals surface area contributed by atoms with Crippen LogP contribution in [-0.4, -0.2) is 44.9 Å². The van der Waals surface area contributed by atoms with Crippen LogP contribution in [0.2, 0.25) is 0 Å². The Morgan fingerprint density at radius 1 is 1.24 bits per heavy atom. The van der Waals surface area contributed by atoms with Crippen molar-refractivity contribution in [2.24, 2.45) is 5.92 Å². The average Bonchev–Trinajstić information content (AvgIpc) is 3.29. The molecule has 2 aromatic rings. The van der Waals surface area contributed by atoms with E-state index < -0.39 is 10.0 Å². The maximum atomic E-state index is 12.8. The number of thiophene rings is 1. The van der Waals surface area contributed by atoms with Crippen molar-refractivity contribution >= 4 is 27.3 Å². The largest absolute Gasteiger partial charge is 0.486 e. The highest BCUT2D eigenvalue weighted by Crippen LogP contribution is 2.33. The lowest BCUT2D eigenvalue weighted by Crippen LogP contribution is -2.45. The molecule has 29 heavy (non-hydrogen) atoms. The molecule has 1 fully saturated rings. The lowest BCUT2D eigenvalue weighted by molar-refractivity contribution is -0.126. The van der Waals surface area contributed by atoms with Gasteiger partial charge in [-0.15, -0.1) is 11.3 Å². The highest BCUT2D eigenvalue weighted by Gasteiger charge is 2.34. The number of carbonyl (C=O) groups excluding carboxylic acids is 1. The van der Waals surface area contributed by atoms with Crippen LogP contribution < -0.4 is 14.8 Å². The molecule has 1 amide bonds. The number of ether oxygens (including phenoxy) is 2. The van der Waals surface area contributed by atoms with Gasteiger partial charge in [0.1, 0.15) is 17.4 Å². The van der Waals surface area contributed by atoms with Crippen molar-refractivity contribution < 1.29 is 22.7 Å². The molecule has 1 N–H and O–H groups in total.